The maximum atomic E-state index is 12.4. The van der Waals surface area contributed by atoms with E-state index in [9.17, 15) is 4.79 Å². The highest BCUT2D eigenvalue weighted by Crippen LogP contribution is 2.33. The van der Waals surface area contributed by atoms with Crippen molar-refractivity contribution in [3.8, 4) is 0 Å². The Labute approximate surface area is 138 Å². The first-order valence-electron chi connectivity index (χ1n) is 7.94. The van der Waals surface area contributed by atoms with Crippen molar-refractivity contribution in [2.75, 3.05) is 0 Å². The molecule has 0 aliphatic heterocycles. The maximum Gasteiger partial charge on any atom is 0.265 e. The Morgan fingerprint density at radius 2 is 1.70 bits per heavy atom. The minimum atomic E-state index is -0.395. The monoisotopic (exact) mass is 308 g/mol. The van der Waals surface area contributed by atoms with Crippen LogP contribution >= 0.6 is 0 Å². The van der Waals surface area contributed by atoms with Gasteiger partial charge in [0.05, 0.1) is 5.54 Å². The van der Waals surface area contributed by atoms with E-state index in [0.717, 1.165) is 12.0 Å². The Morgan fingerprint density at radius 1 is 1.13 bits per heavy atom. The predicted octanol–water partition coefficient (Wildman–Crippen LogP) is 4.05. The minimum Gasteiger partial charge on any atom is -0.287 e. The topological polar surface area (TPSA) is 41.1 Å². The largest absolute Gasteiger partial charge is 0.287 e. The van der Waals surface area contributed by atoms with Gasteiger partial charge in [0.1, 0.15) is 0 Å². The molecule has 0 radical (unpaired) electrons. The van der Waals surface area contributed by atoms with Crippen LogP contribution in [-0.2, 0) is 5.54 Å². The smallest absolute Gasteiger partial charge is 0.265 e. The number of hydrazine groups is 1. The highest BCUT2D eigenvalue weighted by atomic mass is 16.2. The number of carbonyl (C=O) groups excluding carboxylic acids is 1. The minimum absolute atomic E-state index is 0.143. The van der Waals surface area contributed by atoms with Crippen molar-refractivity contribution in [1.82, 2.24) is 10.9 Å². The van der Waals surface area contributed by atoms with E-state index in [1.54, 1.807) is 12.1 Å². The van der Waals surface area contributed by atoms with Crippen LogP contribution in [0.2, 0.25) is 0 Å². The molecular formula is C20H24N2O. The zero-order valence-corrected chi connectivity index (χ0v) is 13.8. The summed E-state index contributed by atoms with van der Waals surface area (Å²) < 4.78 is 0. The molecule has 2 rings (SSSR count). The third-order valence-corrected chi connectivity index (χ3v) is 4.41. The standard InChI is InChI=1S/C20H24N2O/c1-4-16(3)20(5-2,18-14-10-7-11-15-18)22-21-19(23)17-12-8-6-9-13-17/h4,6-16,22H,1,5H2,2-3H3,(H,21,23)/t16-,20+/m0/s1. The van der Waals surface area contributed by atoms with Crippen molar-refractivity contribution < 1.29 is 4.79 Å². The van der Waals surface area contributed by atoms with Crippen LogP contribution in [0.4, 0.5) is 0 Å². The lowest BCUT2D eigenvalue weighted by Gasteiger charge is -2.38. The summed E-state index contributed by atoms with van der Waals surface area (Å²) in [4.78, 5) is 12.4. The van der Waals surface area contributed by atoms with Gasteiger partial charge in [-0.05, 0) is 30.0 Å². The molecule has 0 unspecified atom stereocenters. The summed E-state index contributed by atoms with van der Waals surface area (Å²) in [6.07, 6.45) is 2.73. The average Bonchev–Trinajstić information content (AvgIpc) is 2.63. The molecule has 0 saturated heterocycles. The summed E-state index contributed by atoms with van der Waals surface area (Å²) in [5.74, 6) is 0.00147. The van der Waals surface area contributed by atoms with Crippen molar-refractivity contribution in [3.63, 3.8) is 0 Å². The Kier molecular flexibility index (Phi) is 5.72. The van der Waals surface area contributed by atoms with Gasteiger partial charge in [-0.1, -0.05) is 68.5 Å². The quantitative estimate of drug-likeness (QED) is 0.598. The average molecular weight is 308 g/mol. The van der Waals surface area contributed by atoms with E-state index >= 15 is 0 Å². The molecule has 2 N–H and O–H groups in total. The SMILES string of the molecule is C=C[C@H](C)[C@@](CC)(NNC(=O)c1ccccc1)c1ccccc1. The van der Waals surface area contributed by atoms with Gasteiger partial charge in [0.25, 0.3) is 5.91 Å². The first kappa shape index (κ1) is 17.0. The number of nitrogens with one attached hydrogen (secondary N) is 2. The molecule has 0 aliphatic carbocycles. The molecule has 2 aromatic rings. The van der Waals surface area contributed by atoms with Crippen molar-refractivity contribution in [1.29, 1.82) is 0 Å². The molecule has 23 heavy (non-hydrogen) atoms. The number of amides is 1. The second-order valence-electron chi connectivity index (χ2n) is 5.66. The summed E-state index contributed by atoms with van der Waals surface area (Å²) in [6, 6.07) is 19.4. The third kappa shape index (κ3) is 3.69. The Hall–Kier alpha value is -2.39. The van der Waals surface area contributed by atoms with Crippen LogP contribution in [0.1, 0.15) is 36.2 Å². The van der Waals surface area contributed by atoms with E-state index in [-0.39, 0.29) is 11.8 Å². The summed E-state index contributed by atoms with van der Waals surface area (Å²) in [6.45, 7) is 8.14. The number of rotatable bonds is 7. The fourth-order valence-electron chi connectivity index (χ4n) is 2.83. The lowest BCUT2D eigenvalue weighted by Crippen LogP contribution is -2.55. The van der Waals surface area contributed by atoms with Crippen LogP contribution in [-0.4, -0.2) is 5.91 Å². The molecule has 0 fully saturated rings. The maximum absolute atomic E-state index is 12.4. The fourth-order valence-corrected chi connectivity index (χ4v) is 2.83. The van der Waals surface area contributed by atoms with Crippen LogP contribution < -0.4 is 10.9 Å². The van der Waals surface area contributed by atoms with Crippen LogP contribution in [0.3, 0.4) is 0 Å². The van der Waals surface area contributed by atoms with Gasteiger partial charge in [0.2, 0.25) is 0 Å². The zero-order chi connectivity index (χ0) is 16.7. The van der Waals surface area contributed by atoms with Gasteiger partial charge in [-0.3, -0.25) is 10.2 Å². The predicted molar refractivity (Wildman–Crippen MR) is 94.8 cm³/mol. The zero-order valence-electron chi connectivity index (χ0n) is 13.8. The molecule has 1 amide bonds. The summed E-state index contributed by atoms with van der Waals surface area (Å²) in [5, 5.41) is 0. The lowest BCUT2D eigenvalue weighted by molar-refractivity contribution is 0.0883. The van der Waals surface area contributed by atoms with E-state index in [1.165, 1.54) is 0 Å². The van der Waals surface area contributed by atoms with Gasteiger partial charge in [-0.15, -0.1) is 6.58 Å². The number of carbonyl (C=O) groups is 1. The molecule has 0 heterocycles. The van der Waals surface area contributed by atoms with E-state index in [2.05, 4.69) is 43.4 Å². The normalized spacial score (nSPS) is 14.5. The van der Waals surface area contributed by atoms with E-state index in [1.807, 2.05) is 42.5 Å². The molecular weight excluding hydrogens is 284 g/mol. The molecule has 3 heteroatoms. The van der Waals surface area contributed by atoms with Gasteiger partial charge >= 0.3 is 0 Å². The van der Waals surface area contributed by atoms with E-state index < -0.39 is 5.54 Å². The highest BCUT2D eigenvalue weighted by molar-refractivity contribution is 5.93. The van der Waals surface area contributed by atoms with Gasteiger partial charge in [0, 0.05) is 5.56 Å². The van der Waals surface area contributed by atoms with Crippen LogP contribution in [0.15, 0.2) is 73.3 Å². The van der Waals surface area contributed by atoms with Gasteiger partial charge in [-0.25, -0.2) is 5.43 Å². The fraction of sp³-hybridized carbons (Fsp3) is 0.250. The lowest BCUT2D eigenvalue weighted by atomic mass is 9.77. The molecule has 0 spiro atoms. The molecule has 0 aromatic heterocycles. The summed E-state index contributed by atoms with van der Waals surface area (Å²) >= 11 is 0. The molecule has 3 nitrogen and oxygen atoms in total. The van der Waals surface area contributed by atoms with E-state index in [0.29, 0.717) is 5.56 Å². The van der Waals surface area contributed by atoms with Crippen LogP contribution in [0.5, 0.6) is 0 Å². The Bertz CT molecular complexity index is 639. The number of hydrogen-bond acceptors (Lipinski definition) is 2. The first-order chi connectivity index (χ1) is 11.1. The highest BCUT2D eigenvalue weighted by Gasteiger charge is 2.35. The third-order valence-electron chi connectivity index (χ3n) is 4.41. The Morgan fingerprint density at radius 3 is 2.22 bits per heavy atom. The van der Waals surface area contributed by atoms with Crippen molar-refractivity contribution in [2.45, 2.75) is 25.8 Å². The molecule has 2 aromatic carbocycles. The van der Waals surface area contributed by atoms with Gasteiger partial charge in [0.15, 0.2) is 0 Å². The van der Waals surface area contributed by atoms with Gasteiger partial charge < -0.3 is 0 Å². The molecule has 0 saturated carbocycles. The first-order valence-corrected chi connectivity index (χ1v) is 7.94. The molecule has 120 valence electrons. The van der Waals surface area contributed by atoms with Crippen LogP contribution in [0.25, 0.3) is 0 Å². The van der Waals surface area contributed by atoms with Gasteiger partial charge in [-0.2, -0.15) is 0 Å². The van der Waals surface area contributed by atoms with Crippen molar-refractivity contribution in [3.05, 3.63) is 84.4 Å². The van der Waals surface area contributed by atoms with Crippen molar-refractivity contribution in [2.24, 2.45) is 5.92 Å². The van der Waals surface area contributed by atoms with Crippen LogP contribution in [0, 0.1) is 5.92 Å². The van der Waals surface area contributed by atoms with E-state index in [4.69, 9.17) is 0 Å². The second kappa shape index (κ2) is 7.75. The number of benzene rings is 2. The molecule has 0 aliphatic rings. The second-order valence-corrected chi connectivity index (χ2v) is 5.66. The Balaban J connectivity index is 2.25. The van der Waals surface area contributed by atoms with Crippen molar-refractivity contribution >= 4 is 5.91 Å². The molecule has 2 atom stereocenters. The number of hydrogen-bond donors (Lipinski definition) is 2. The summed E-state index contributed by atoms with van der Waals surface area (Å²) in [7, 11) is 0. The molecule has 0 bridgehead atoms. The summed E-state index contributed by atoms with van der Waals surface area (Å²) in [5.41, 5.74) is 7.51.